The SMILES string of the molecule is Nc1ncc(Cl)c(-c2c[nH]c3ncccc23)n1. The summed E-state index contributed by atoms with van der Waals surface area (Å²) in [5, 5.41) is 1.41. The largest absolute Gasteiger partial charge is 0.368 e. The minimum absolute atomic E-state index is 0.197. The number of aromatic nitrogens is 4. The van der Waals surface area contributed by atoms with Crippen molar-refractivity contribution < 1.29 is 0 Å². The zero-order valence-corrected chi connectivity index (χ0v) is 9.44. The Morgan fingerprint density at radius 2 is 2.18 bits per heavy atom. The number of nitrogens with two attached hydrogens (primary N) is 1. The highest BCUT2D eigenvalue weighted by Gasteiger charge is 2.12. The number of fused-ring (bicyclic) bond motifs is 1. The molecule has 0 amide bonds. The molecule has 3 aromatic rings. The summed E-state index contributed by atoms with van der Waals surface area (Å²) in [6.07, 6.45) is 5.03. The summed E-state index contributed by atoms with van der Waals surface area (Å²) in [6.45, 7) is 0. The van der Waals surface area contributed by atoms with Crippen molar-refractivity contribution in [1.82, 2.24) is 19.9 Å². The van der Waals surface area contributed by atoms with Crippen LogP contribution in [-0.4, -0.2) is 19.9 Å². The molecule has 3 aromatic heterocycles. The second-order valence-electron chi connectivity index (χ2n) is 3.53. The van der Waals surface area contributed by atoms with Crippen LogP contribution in [0.1, 0.15) is 0 Å². The lowest BCUT2D eigenvalue weighted by atomic mass is 10.1. The summed E-state index contributed by atoms with van der Waals surface area (Å²) < 4.78 is 0. The topological polar surface area (TPSA) is 80.5 Å². The van der Waals surface area contributed by atoms with Crippen LogP contribution in [0.2, 0.25) is 5.02 Å². The third kappa shape index (κ3) is 1.60. The highest BCUT2D eigenvalue weighted by molar-refractivity contribution is 6.33. The Morgan fingerprint density at radius 3 is 3.06 bits per heavy atom. The van der Waals surface area contributed by atoms with Gasteiger partial charge in [-0.25, -0.2) is 15.0 Å². The van der Waals surface area contributed by atoms with Crippen molar-refractivity contribution in [3.05, 3.63) is 35.7 Å². The van der Waals surface area contributed by atoms with E-state index in [1.54, 1.807) is 6.20 Å². The van der Waals surface area contributed by atoms with Crippen molar-refractivity contribution in [2.45, 2.75) is 0 Å². The molecule has 3 rings (SSSR count). The van der Waals surface area contributed by atoms with Gasteiger partial charge in [-0.3, -0.25) is 0 Å². The van der Waals surface area contributed by atoms with Crippen LogP contribution >= 0.6 is 11.6 Å². The number of hydrogen-bond acceptors (Lipinski definition) is 4. The molecule has 0 aromatic carbocycles. The minimum Gasteiger partial charge on any atom is -0.368 e. The quantitative estimate of drug-likeness (QED) is 0.689. The number of aromatic amines is 1. The molecule has 3 heterocycles. The van der Waals surface area contributed by atoms with E-state index in [0.717, 1.165) is 16.6 Å². The van der Waals surface area contributed by atoms with Gasteiger partial charge in [0.2, 0.25) is 5.95 Å². The van der Waals surface area contributed by atoms with E-state index < -0.39 is 0 Å². The first-order chi connectivity index (χ1) is 8.25. The molecule has 0 unspecified atom stereocenters. The minimum atomic E-state index is 0.197. The van der Waals surface area contributed by atoms with Crippen LogP contribution in [-0.2, 0) is 0 Å². The Bertz CT molecular complexity index is 691. The van der Waals surface area contributed by atoms with Crippen LogP contribution in [0.25, 0.3) is 22.3 Å². The van der Waals surface area contributed by atoms with Gasteiger partial charge in [-0.05, 0) is 12.1 Å². The van der Waals surface area contributed by atoms with Gasteiger partial charge in [-0.1, -0.05) is 11.6 Å². The van der Waals surface area contributed by atoms with Gasteiger partial charge < -0.3 is 10.7 Å². The molecule has 3 N–H and O–H groups in total. The third-order valence-corrected chi connectivity index (χ3v) is 2.75. The van der Waals surface area contributed by atoms with Gasteiger partial charge in [0.15, 0.2) is 0 Å². The zero-order chi connectivity index (χ0) is 11.8. The maximum Gasteiger partial charge on any atom is 0.220 e. The van der Waals surface area contributed by atoms with E-state index >= 15 is 0 Å². The van der Waals surface area contributed by atoms with Crippen LogP contribution in [0.3, 0.4) is 0 Å². The molecular formula is C11H8ClN5. The molecule has 5 nitrogen and oxygen atoms in total. The predicted molar refractivity (Wildman–Crippen MR) is 66.5 cm³/mol. The van der Waals surface area contributed by atoms with Crippen molar-refractivity contribution in [2.24, 2.45) is 0 Å². The first-order valence-electron chi connectivity index (χ1n) is 4.96. The number of pyridine rings is 1. The van der Waals surface area contributed by atoms with Crippen molar-refractivity contribution in [2.75, 3.05) is 5.73 Å². The number of nitrogen functional groups attached to an aromatic ring is 1. The van der Waals surface area contributed by atoms with Gasteiger partial charge in [0.05, 0.1) is 16.9 Å². The van der Waals surface area contributed by atoms with E-state index in [4.69, 9.17) is 17.3 Å². The lowest BCUT2D eigenvalue weighted by molar-refractivity contribution is 1.19. The Kier molecular flexibility index (Phi) is 2.19. The second kappa shape index (κ2) is 3.71. The fourth-order valence-corrected chi connectivity index (χ4v) is 1.91. The Balaban J connectivity index is 2.31. The Hall–Kier alpha value is -2.14. The molecule has 0 spiro atoms. The zero-order valence-electron chi connectivity index (χ0n) is 8.68. The molecule has 84 valence electrons. The van der Waals surface area contributed by atoms with Gasteiger partial charge >= 0.3 is 0 Å². The van der Waals surface area contributed by atoms with E-state index in [2.05, 4.69) is 19.9 Å². The fourth-order valence-electron chi connectivity index (χ4n) is 1.72. The van der Waals surface area contributed by atoms with Gasteiger partial charge in [0, 0.05) is 23.3 Å². The van der Waals surface area contributed by atoms with Gasteiger partial charge in [0.1, 0.15) is 5.65 Å². The standard InChI is InChI=1S/C11H8ClN5/c12-8-5-16-11(13)17-9(8)7-4-15-10-6(7)2-1-3-14-10/h1-5H,(H,14,15)(H2,13,16,17). The maximum atomic E-state index is 6.07. The molecule has 17 heavy (non-hydrogen) atoms. The van der Waals surface area contributed by atoms with E-state index in [1.807, 2.05) is 18.3 Å². The van der Waals surface area contributed by atoms with E-state index in [-0.39, 0.29) is 5.95 Å². The summed E-state index contributed by atoms with van der Waals surface area (Å²) in [7, 11) is 0. The summed E-state index contributed by atoms with van der Waals surface area (Å²) in [5.41, 5.74) is 7.84. The Morgan fingerprint density at radius 1 is 1.29 bits per heavy atom. The third-order valence-electron chi connectivity index (χ3n) is 2.47. The van der Waals surface area contributed by atoms with Gasteiger partial charge in [-0.2, -0.15) is 0 Å². The van der Waals surface area contributed by atoms with Crippen molar-refractivity contribution in [3.63, 3.8) is 0 Å². The van der Waals surface area contributed by atoms with Crippen molar-refractivity contribution in [3.8, 4) is 11.3 Å². The number of nitrogens with zero attached hydrogens (tertiary/aromatic N) is 3. The van der Waals surface area contributed by atoms with E-state index in [0.29, 0.717) is 10.7 Å². The molecule has 0 fully saturated rings. The van der Waals surface area contributed by atoms with Crippen LogP contribution in [0.4, 0.5) is 5.95 Å². The summed E-state index contributed by atoms with van der Waals surface area (Å²) >= 11 is 6.07. The molecule has 0 aliphatic rings. The molecule has 0 bridgehead atoms. The molecule has 6 heteroatoms. The van der Waals surface area contributed by atoms with Gasteiger partial charge in [-0.15, -0.1) is 0 Å². The smallest absolute Gasteiger partial charge is 0.220 e. The molecule has 0 radical (unpaired) electrons. The average molecular weight is 246 g/mol. The molecule has 0 saturated carbocycles. The summed E-state index contributed by atoms with van der Waals surface area (Å²) in [4.78, 5) is 15.3. The number of nitrogens with one attached hydrogen (secondary N) is 1. The highest BCUT2D eigenvalue weighted by atomic mass is 35.5. The number of halogens is 1. The molecular weight excluding hydrogens is 238 g/mol. The molecule has 0 saturated heterocycles. The lowest BCUT2D eigenvalue weighted by Crippen LogP contribution is -1.96. The van der Waals surface area contributed by atoms with Crippen LogP contribution in [0, 0.1) is 0 Å². The number of H-pyrrole nitrogens is 1. The first kappa shape index (κ1) is 10.0. The van der Waals surface area contributed by atoms with E-state index in [1.165, 1.54) is 6.20 Å². The van der Waals surface area contributed by atoms with Crippen molar-refractivity contribution >= 4 is 28.6 Å². The van der Waals surface area contributed by atoms with Crippen molar-refractivity contribution in [1.29, 1.82) is 0 Å². The molecule has 0 aliphatic carbocycles. The van der Waals surface area contributed by atoms with E-state index in [9.17, 15) is 0 Å². The summed E-state index contributed by atoms with van der Waals surface area (Å²) in [5.74, 6) is 0.197. The maximum absolute atomic E-state index is 6.07. The van der Waals surface area contributed by atoms with Gasteiger partial charge in [0.25, 0.3) is 0 Å². The number of anilines is 1. The normalized spacial score (nSPS) is 10.9. The lowest BCUT2D eigenvalue weighted by Gasteiger charge is -2.02. The first-order valence-corrected chi connectivity index (χ1v) is 5.34. The van der Waals surface area contributed by atoms with Crippen LogP contribution in [0.15, 0.2) is 30.7 Å². The molecule has 0 aliphatic heterocycles. The summed E-state index contributed by atoms with van der Waals surface area (Å²) in [6, 6.07) is 3.81. The highest BCUT2D eigenvalue weighted by Crippen LogP contribution is 2.30. The average Bonchev–Trinajstić information content (AvgIpc) is 2.76. The monoisotopic (exact) mass is 245 g/mol. The molecule has 0 atom stereocenters. The Labute approximate surface area is 102 Å². The number of rotatable bonds is 1. The second-order valence-corrected chi connectivity index (χ2v) is 3.93. The number of hydrogen-bond donors (Lipinski definition) is 2. The fraction of sp³-hybridized carbons (Fsp3) is 0. The predicted octanol–water partition coefficient (Wildman–Crippen LogP) is 2.26. The van der Waals surface area contributed by atoms with Crippen LogP contribution < -0.4 is 5.73 Å². The van der Waals surface area contributed by atoms with Crippen LogP contribution in [0.5, 0.6) is 0 Å².